The minimum absolute atomic E-state index is 0.359. The van der Waals surface area contributed by atoms with Crippen LogP contribution in [0, 0.1) is 7.11 Å². The first-order valence-electron chi connectivity index (χ1n) is 3.39. The highest BCUT2D eigenvalue weighted by molar-refractivity contribution is 5.90. The van der Waals surface area contributed by atoms with Gasteiger partial charge in [-0.2, -0.15) is 0 Å². The Bertz CT molecular complexity index is 408. The van der Waals surface area contributed by atoms with Gasteiger partial charge in [-0.1, -0.05) is 6.07 Å². The Labute approximate surface area is 68.9 Å². The number of hydrogen-bond donors (Lipinski definition) is 1. The highest BCUT2D eigenvalue weighted by atomic mass is 16.5. The van der Waals surface area contributed by atoms with Crippen LogP contribution in [0.25, 0.3) is 11.0 Å². The lowest BCUT2D eigenvalue weighted by molar-refractivity contribution is 0.380. The van der Waals surface area contributed by atoms with E-state index < -0.39 is 0 Å². The molecule has 2 N–H and O–H groups in total. The molecular formula is C8H7N2O2. The Balaban J connectivity index is 2.80. The SMILES string of the molecule is [CH2]Oc1noc2c(N)cccc12. The number of nitrogens with two attached hydrogens (primary N) is 1. The van der Waals surface area contributed by atoms with E-state index in [0.717, 1.165) is 5.39 Å². The summed E-state index contributed by atoms with van der Waals surface area (Å²) >= 11 is 0. The Hall–Kier alpha value is -1.71. The van der Waals surface area contributed by atoms with Crippen LogP contribution in [0.1, 0.15) is 0 Å². The first kappa shape index (κ1) is 6.97. The Morgan fingerprint density at radius 1 is 1.50 bits per heavy atom. The molecule has 1 aromatic heterocycles. The topological polar surface area (TPSA) is 61.3 Å². The normalized spacial score (nSPS) is 10.4. The molecular weight excluding hydrogens is 156 g/mol. The first-order valence-corrected chi connectivity index (χ1v) is 3.39. The lowest BCUT2D eigenvalue weighted by Gasteiger charge is -1.92. The summed E-state index contributed by atoms with van der Waals surface area (Å²) in [6.45, 7) is 0. The molecule has 0 amide bonds. The smallest absolute Gasteiger partial charge is 0.262 e. The van der Waals surface area contributed by atoms with Crippen LogP contribution in [0.5, 0.6) is 5.88 Å². The molecule has 1 aromatic carbocycles. The van der Waals surface area contributed by atoms with Gasteiger partial charge in [0.25, 0.3) is 5.88 Å². The molecule has 0 bridgehead atoms. The van der Waals surface area contributed by atoms with Crippen molar-refractivity contribution in [3.63, 3.8) is 0 Å². The summed E-state index contributed by atoms with van der Waals surface area (Å²) in [6, 6.07) is 5.35. The number of hydrogen-bond acceptors (Lipinski definition) is 4. The van der Waals surface area contributed by atoms with Crippen molar-refractivity contribution in [2.75, 3.05) is 5.73 Å². The average molecular weight is 163 g/mol. The zero-order valence-corrected chi connectivity index (χ0v) is 6.28. The number of nitrogen functional groups attached to an aromatic ring is 1. The molecule has 0 unspecified atom stereocenters. The summed E-state index contributed by atoms with van der Waals surface area (Å²) in [6.07, 6.45) is 0. The monoisotopic (exact) mass is 163 g/mol. The summed E-state index contributed by atoms with van der Waals surface area (Å²) < 4.78 is 9.64. The summed E-state index contributed by atoms with van der Waals surface area (Å²) in [5, 5.41) is 4.38. The summed E-state index contributed by atoms with van der Waals surface area (Å²) in [5.74, 6) is 0.359. The predicted molar refractivity (Wildman–Crippen MR) is 44.4 cm³/mol. The van der Waals surface area contributed by atoms with Crippen LogP contribution in [0.3, 0.4) is 0 Å². The molecule has 0 atom stereocenters. The highest BCUT2D eigenvalue weighted by Gasteiger charge is 2.09. The van der Waals surface area contributed by atoms with Gasteiger partial charge >= 0.3 is 0 Å². The van der Waals surface area contributed by atoms with E-state index in [0.29, 0.717) is 17.2 Å². The third-order valence-electron chi connectivity index (χ3n) is 1.63. The van der Waals surface area contributed by atoms with Crippen LogP contribution in [0.15, 0.2) is 22.7 Å². The number of rotatable bonds is 1. The lowest BCUT2D eigenvalue weighted by atomic mass is 10.2. The molecule has 2 aromatic rings. The number of ether oxygens (including phenoxy) is 1. The van der Waals surface area contributed by atoms with E-state index in [-0.39, 0.29) is 0 Å². The third-order valence-corrected chi connectivity index (χ3v) is 1.63. The van der Waals surface area contributed by atoms with Crippen molar-refractivity contribution in [2.24, 2.45) is 0 Å². The van der Waals surface area contributed by atoms with E-state index in [4.69, 9.17) is 15.0 Å². The quantitative estimate of drug-likeness (QED) is 0.648. The van der Waals surface area contributed by atoms with Gasteiger partial charge in [0.05, 0.1) is 11.1 Å². The van der Waals surface area contributed by atoms with Gasteiger partial charge in [0.1, 0.15) is 7.11 Å². The standard InChI is InChI=1S/C8H7N2O2/c1-11-8-5-3-2-4-6(9)7(5)12-10-8/h2-4H,1,9H2. The van der Waals surface area contributed by atoms with Crippen molar-refractivity contribution in [1.82, 2.24) is 5.16 Å². The minimum atomic E-state index is 0.359. The van der Waals surface area contributed by atoms with Gasteiger partial charge in [-0.05, 0) is 17.3 Å². The Morgan fingerprint density at radius 3 is 3.08 bits per heavy atom. The van der Waals surface area contributed by atoms with Gasteiger partial charge in [-0.15, -0.1) is 0 Å². The predicted octanol–water partition coefficient (Wildman–Crippen LogP) is 1.58. The maximum absolute atomic E-state index is 5.61. The molecule has 0 saturated carbocycles. The molecule has 0 aliphatic carbocycles. The molecule has 61 valence electrons. The second-order valence-electron chi connectivity index (χ2n) is 2.36. The van der Waals surface area contributed by atoms with Gasteiger partial charge < -0.3 is 15.0 Å². The van der Waals surface area contributed by atoms with Crippen molar-refractivity contribution in [1.29, 1.82) is 0 Å². The summed E-state index contributed by atoms with van der Waals surface area (Å²) in [5.41, 5.74) is 6.70. The van der Waals surface area contributed by atoms with Crippen molar-refractivity contribution < 1.29 is 9.26 Å². The lowest BCUT2D eigenvalue weighted by Crippen LogP contribution is -1.83. The van der Waals surface area contributed by atoms with Crippen LogP contribution in [0.2, 0.25) is 0 Å². The van der Waals surface area contributed by atoms with Crippen LogP contribution >= 0.6 is 0 Å². The van der Waals surface area contributed by atoms with E-state index in [1.54, 1.807) is 12.1 Å². The average Bonchev–Trinajstić information content (AvgIpc) is 2.49. The van der Waals surface area contributed by atoms with Crippen LogP contribution in [0.4, 0.5) is 5.69 Å². The minimum Gasteiger partial charge on any atom is -0.471 e. The van der Waals surface area contributed by atoms with Gasteiger partial charge in [-0.3, -0.25) is 0 Å². The fourth-order valence-electron chi connectivity index (χ4n) is 1.07. The number of nitrogens with zero attached hydrogens (tertiary/aromatic N) is 1. The molecule has 4 nitrogen and oxygen atoms in total. The zero-order chi connectivity index (χ0) is 8.55. The largest absolute Gasteiger partial charge is 0.471 e. The highest BCUT2D eigenvalue weighted by Crippen LogP contribution is 2.28. The van der Waals surface area contributed by atoms with Crippen LogP contribution < -0.4 is 10.5 Å². The van der Waals surface area contributed by atoms with Crippen molar-refractivity contribution in [2.45, 2.75) is 0 Å². The zero-order valence-electron chi connectivity index (χ0n) is 6.28. The van der Waals surface area contributed by atoms with Gasteiger partial charge in [0, 0.05) is 0 Å². The summed E-state index contributed by atoms with van der Waals surface area (Å²) in [4.78, 5) is 0. The fraction of sp³-hybridized carbons (Fsp3) is 0. The van der Waals surface area contributed by atoms with Crippen molar-refractivity contribution in [3.8, 4) is 5.88 Å². The molecule has 1 heterocycles. The second kappa shape index (κ2) is 2.41. The number of para-hydroxylation sites is 1. The molecule has 4 heteroatoms. The van der Waals surface area contributed by atoms with E-state index >= 15 is 0 Å². The number of anilines is 1. The van der Waals surface area contributed by atoms with Gasteiger partial charge in [0.15, 0.2) is 5.58 Å². The van der Waals surface area contributed by atoms with Crippen LogP contribution in [-0.4, -0.2) is 5.16 Å². The molecule has 0 fully saturated rings. The van der Waals surface area contributed by atoms with Crippen LogP contribution in [-0.2, 0) is 0 Å². The number of fused-ring (bicyclic) bond motifs is 1. The van der Waals surface area contributed by atoms with Crippen molar-refractivity contribution >= 4 is 16.7 Å². The van der Waals surface area contributed by atoms with Gasteiger partial charge in [0.2, 0.25) is 0 Å². The molecule has 0 aliphatic heterocycles. The van der Waals surface area contributed by atoms with E-state index in [2.05, 4.69) is 12.3 Å². The molecule has 0 spiro atoms. The van der Waals surface area contributed by atoms with E-state index in [1.165, 1.54) is 0 Å². The molecule has 2 rings (SSSR count). The maximum atomic E-state index is 5.61. The molecule has 1 radical (unpaired) electrons. The summed E-state index contributed by atoms with van der Waals surface area (Å²) in [7, 11) is 3.24. The van der Waals surface area contributed by atoms with E-state index in [9.17, 15) is 0 Å². The molecule has 0 saturated heterocycles. The number of benzene rings is 1. The van der Waals surface area contributed by atoms with Crippen molar-refractivity contribution in [3.05, 3.63) is 25.3 Å². The second-order valence-corrected chi connectivity index (χ2v) is 2.36. The third kappa shape index (κ3) is 0.812. The Kier molecular flexibility index (Phi) is 1.40. The first-order chi connectivity index (χ1) is 5.83. The fourth-order valence-corrected chi connectivity index (χ4v) is 1.07. The molecule has 0 aliphatic rings. The number of aromatic nitrogens is 1. The Morgan fingerprint density at radius 2 is 2.33 bits per heavy atom. The maximum Gasteiger partial charge on any atom is 0.262 e. The van der Waals surface area contributed by atoms with E-state index in [1.807, 2.05) is 6.07 Å². The van der Waals surface area contributed by atoms with Gasteiger partial charge in [-0.25, -0.2) is 0 Å². The molecule has 12 heavy (non-hydrogen) atoms.